The van der Waals surface area contributed by atoms with Crippen molar-refractivity contribution >= 4 is 0 Å². The lowest BCUT2D eigenvalue weighted by molar-refractivity contribution is -0.258. The van der Waals surface area contributed by atoms with Crippen LogP contribution in [0.5, 0.6) is 0 Å². The lowest BCUT2D eigenvalue weighted by Gasteiger charge is -2.38. The van der Waals surface area contributed by atoms with Crippen LogP contribution < -0.4 is 5.73 Å². The molecule has 1 aliphatic rings. The molecule has 0 bridgehead atoms. The number of hydrogen-bond donors (Lipinski definition) is 5. The third-order valence-corrected chi connectivity index (χ3v) is 1.96. The molecule has 1 saturated heterocycles. The van der Waals surface area contributed by atoms with E-state index in [9.17, 15) is 5.11 Å². The molecule has 0 radical (unpaired) electrons. The highest BCUT2D eigenvalue weighted by Gasteiger charge is 2.41. The maximum Gasteiger partial charge on any atom is 0.183 e. The van der Waals surface area contributed by atoms with Crippen molar-refractivity contribution in [3.63, 3.8) is 0 Å². The first-order valence-corrected chi connectivity index (χ1v) is 3.64. The van der Waals surface area contributed by atoms with Gasteiger partial charge in [0.05, 0.1) is 12.6 Å². The van der Waals surface area contributed by atoms with Crippen molar-refractivity contribution in [2.24, 2.45) is 5.73 Å². The first-order chi connectivity index (χ1) is 5.57. The highest BCUT2D eigenvalue weighted by molar-refractivity contribution is 4.90. The largest absolute Gasteiger partial charge is 0.394 e. The van der Waals surface area contributed by atoms with Gasteiger partial charge in [-0.3, -0.25) is 0 Å². The molecule has 5 atom stereocenters. The van der Waals surface area contributed by atoms with Crippen LogP contribution in [-0.4, -0.2) is 57.7 Å². The molecule has 0 aromatic heterocycles. The van der Waals surface area contributed by atoms with Gasteiger partial charge in [-0.2, -0.15) is 0 Å². The first-order valence-electron chi connectivity index (χ1n) is 3.64. The molecule has 0 aromatic rings. The molecule has 0 aliphatic carbocycles. The second-order valence-electron chi connectivity index (χ2n) is 2.81. The fourth-order valence-electron chi connectivity index (χ4n) is 1.13. The zero-order chi connectivity index (χ0) is 9.30. The molecule has 0 saturated carbocycles. The third-order valence-electron chi connectivity index (χ3n) is 1.96. The van der Waals surface area contributed by atoms with Crippen molar-refractivity contribution in [2.75, 3.05) is 6.61 Å². The van der Waals surface area contributed by atoms with Crippen molar-refractivity contribution in [3.05, 3.63) is 0 Å². The first kappa shape index (κ1) is 9.85. The van der Waals surface area contributed by atoms with E-state index in [4.69, 9.17) is 25.8 Å². The van der Waals surface area contributed by atoms with E-state index in [0.717, 1.165) is 0 Å². The summed E-state index contributed by atoms with van der Waals surface area (Å²) < 4.78 is 4.70. The minimum absolute atomic E-state index is 0.401. The second kappa shape index (κ2) is 3.65. The monoisotopic (exact) mass is 179 g/mol. The van der Waals surface area contributed by atoms with Crippen LogP contribution in [0.3, 0.4) is 0 Å². The van der Waals surface area contributed by atoms with Gasteiger partial charge in [0.1, 0.15) is 18.3 Å². The number of hydrogen-bond acceptors (Lipinski definition) is 6. The fourth-order valence-corrected chi connectivity index (χ4v) is 1.13. The average Bonchev–Trinajstić information content (AvgIpc) is 2.08. The zero-order valence-electron chi connectivity index (χ0n) is 6.37. The van der Waals surface area contributed by atoms with Crippen LogP contribution >= 0.6 is 0 Å². The van der Waals surface area contributed by atoms with E-state index in [2.05, 4.69) is 0 Å². The summed E-state index contributed by atoms with van der Waals surface area (Å²) in [6, 6.07) is -0.881. The quantitative estimate of drug-likeness (QED) is 0.288. The molecular formula is C6H13NO5. The van der Waals surface area contributed by atoms with Crippen molar-refractivity contribution in [1.29, 1.82) is 0 Å². The number of aliphatic hydroxyl groups excluding tert-OH is 4. The SMILES string of the molecule is N[C@@H]1[C@H](O)[C@@H](O)[C@@H](O)O[C@@H]1CO. The van der Waals surface area contributed by atoms with Gasteiger partial charge in [0, 0.05) is 0 Å². The van der Waals surface area contributed by atoms with Crippen LogP contribution in [0.25, 0.3) is 0 Å². The van der Waals surface area contributed by atoms with E-state index in [-0.39, 0.29) is 0 Å². The van der Waals surface area contributed by atoms with Gasteiger partial charge in [-0.1, -0.05) is 0 Å². The fraction of sp³-hybridized carbons (Fsp3) is 1.00. The Morgan fingerprint density at radius 3 is 2.25 bits per heavy atom. The van der Waals surface area contributed by atoms with Gasteiger partial charge in [-0.25, -0.2) is 0 Å². The molecule has 12 heavy (non-hydrogen) atoms. The molecule has 72 valence electrons. The van der Waals surface area contributed by atoms with Gasteiger partial charge in [0.2, 0.25) is 0 Å². The normalized spacial score (nSPS) is 49.2. The summed E-state index contributed by atoms with van der Waals surface area (Å²) in [5, 5.41) is 35.9. The second-order valence-corrected chi connectivity index (χ2v) is 2.81. The summed E-state index contributed by atoms with van der Waals surface area (Å²) in [5.74, 6) is 0. The molecular weight excluding hydrogens is 166 g/mol. The average molecular weight is 179 g/mol. The Hall–Kier alpha value is -0.240. The molecule has 1 rings (SSSR count). The van der Waals surface area contributed by atoms with Crippen LogP contribution in [0.2, 0.25) is 0 Å². The van der Waals surface area contributed by atoms with Gasteiger partial charge < -0.3 is 30.9 Å². The summed E-state index contributed by atoms with van der Waals surface area (Å²) in [5.41, 5.74) is 5.38. The van der Waals surface area contributed by atoms with E-state index >= 15 is 0 Å². The van der Waals surface area contributed by atoms with E-state index in [1.165, 1.54) is 0 Å². The van der Waals surface area contributed by atoms with Gasteiger partial charge in [0.25, 0.3) is 0 Å². The Kier molecular flexibility index (Phi) is 2.99. The van der Waals surface area contributed by atoms with Crippen molar-refractivity contribution in [1.82, 2.24) is 0 Å². The highest BCUT2D eigenvalue weighted by Crippen LogP contribution is 2.17. The maximum absolute atomic E-state index is 9.19. The smallest absolute Gasteiger partial charge is 0.183 e. The predicted molar refractivity (Wildman–Crippen MR) is 38.0 cm³/mol. The summed E-state index contributed by atoms with van der Waals surface area (Å²) >= 11 is 0. The molecule has 1 heterocycles. The molecule has 0 spiro atoms. The predicted octanol–water partition coefficient (Wildman–Crippen LogP) is -3.26. The van der Waals surface area contributed by atoms with Crippen LogP contribution in [0.15, 0.2) is 0 Å². The Morgan fingerprint density at radius 2 is 1.75 bits per heavy atom. The summed E-state index contributed by atoms with van der Waals surface area (Å²) in [6.45, 7) is -0.401. The number of rotatable bonds is 1. The van der Waals surface area contributed by atoms with Gasteiger partial charge in [-0.05, 0) is 0 Å². The molecule has 6 heteroatoms. The Balaban J connectivity index is 2.63. The van der Waals surface area contributed by atoms with E-state index in [0.29, 0.717) is 0 Å². The standard InChI is InChI=1S/C6H13NO5/c7-3-2(1-8)12-6(11)5(10)4(3)9/h2-6,8-11H,1,7H2/t2-,3+,4+,5-,6+/m1/s1. The van der Waals surface area contributed by atoms with E-state index in [1.54, 1.807) is 0 Å². The summed E-state index contributed by atoms with van der Waals surface area (Å²) in [6.07, 6.45) is -5.01. The van der Waals surface area contributed by atoms with E-state index < -0.39 is 37.3 Å². The van der Waals surface area contributed by atoms with Crippen LogP contribution in [0, 0.1) is 0 Å². The number of nitrogens with two attached hydrogens (primary N) is 1. The van der Waals surface area contributed by atoms with Crippen molar-refractivity contribution < 1.29 is 25.2 Å². The lowest BCUT2D eigenvalue weighted by Crippen LogP contribution is -2.61. The maximum atomic E-state index is 9.19. The highest BCUT2D eigenvalue weighted by atomic mass is 16.6. The third kappa shape index (κ3) is 1.58. The molecule has 1 aliphatic heterocycles. The molecule has 6 N–H and O–H groups in total. The molecule has 0 amide bonds. The molecule has 0 aromatic carbocycles. The minimum Gasteiger partial charge on any atom is -0.394 e. The molecule has 1 fully saturated rings. The van der Waals surface area contributed by atoms with Gasteiger partial charge >= 0.3 is 0 Å². The molecule has 0 unspecified atom stereocenters. The van der Waals surface area contributed by atoms with Crippen molar-refractivity contribution in [2.45, 2.75) is 30.6 Å². The van der Waals surface area contributed by atoms with Crippen molar-refractivity contribution in [3.8, 4) is 0 Å². The van der Waals surface area contributed by atoms with Crippen LogP contribution in [-0.2, 0) is 4.74 Å². The minimum atomic E-state index is -1.49. The lowest BCUT2D eigenvalue weighted by atomic mass is 9.98. The Bertz CT molecular complexity index is 150. The van der Waals surface area contributed by atoms with E-state index in [1.807, 2.05) is 0 Å². The van der Waals surface area contributed by atoms with Crippen LogP contribution in [0.1, 0.15) is 0 Å². The number of ether oxygens (including phenoxy) is 1. The Morgan fingerprint density at radius 1 is 1.17 bits per heavy atom. The topological polar surface area (TPSA) is 116 Å². The summed E-state index contributed by atoms with van der Waals surface area (Å²) in [7, 11) is 0. The number of aliphatic hydroxyl groups is 4. The van der Waals surface area contributed by atoms with Gasteiger partial charge in [0.15, 0.2) is 6.29 Å². The zero-order valence-corrected chi connectivity index (χ0v) is 6.37. The van der Waals surface area contributed by atoms with Crippen LogP contribution in [0.4, 0.5) is 0 Å². The summed E-state index contributed by atoms with van der Waals surface area (Å²) in [4.78, 5) is 0. The van der Waals surface area contributed by atoms with Gasteiger partial charge in [-0.15, -0.1) is 0 Å². The molecule has 6 nitrogen and oxygen atoms in total. The Labute approximate surface area is 69.2 Å².